The Balaban J connectivity index is 1.49. The van der Waals surface area contributed by atoms with Crippen LogP contribution in [0.1, 0.15) is 54.6 Å². The fourth-order valence-corrected chi connectivity index (χ4v) is 3.54. The van der Waals surface area contributed by atoms with E-state index < -0.39 is 0 Å². The maximum atomic E-state index is 12.8. The van der Waals surface area contributed by atoms with Gasteiger partial charge in [0, 0.05) is 32.2 Å². The quantitative estimate of drug-likeness (QED) is 0.836. The van der Waals surface area contributed by atoms with Crippen LogP contribution in [-0.4, -0.2) is 38.4 Å². The van der Waals surface area contributed by atoms with Crippen molar-refractivity contribution in [3.05, 3.63) is 41.2 Å². The Kier molecular flexibility index (Phi) is 4.70. The monoisotopic (exact) mass is 367 g/mol. The average molecular weight is 367 g/mol. The number of fused-ring (bicyclic) bond motifs is 1. The number of piperidine rings is 1. The van der Waals surface area contributed by atoms with Crippen LogP contribution in [0.3, 0.4) is 0 Å². The van der Waals surface area contributed by atoms with Crippen molar-refractivity contribution in [2.75, 3.05) is 11.9 Å². The summed E-state index contributed by atoms with van der Waals surface area (Å²) in [4.78, 5) is 34.6. The molecule has 1 fully saturated rings. The number of rotatable bonds is 3. The van der Waals surface area contributed by atoms with Gasteiger partial charge in [0.2, 0.25) is 17.7 Å². The first-order chi connectivity index (χ1) is 13.1. The Morgan fingerprint density at radius 1 is 1.37 bits per heavy atom. The molecule has 4 heterocycles. The van der Waals surface area contributed by atoms with Gasteiger partial charge in [-0.15, -0.1) is 0 Å². The first-order valence-corrected chi connectivity index (χ1v) is 9.18. The molecule has 2 aromatic heterocycles. The molecule has 2 aliphatic rings. The summed E-state index contributed by atoms with van der Waals surface area (Å²) in [6.07, 6.45) is 8.94. The van der Waals surface area contributed by atoms with Crippen molar-refractivity contribution in [3.8, 4) is 0 Å². The molecule has 0 bridgehead atoms. The van der Waals surface area contributed by atoms with E-state index in [1.807, 2.05) is 6.07 Å². The molecule has 0 spiro atoms. The summed E-state index contributed by atoms with van der Waals surface area (Å²) in [6.45, 7) is 2.42. The molecule has 8 heteroatoms. The second kappa shape index (κ2) is 7.30. The lowest BCUT2D eigenvalue weighted by molar-refractivity contribution is -0.129. The zero-order valence-electron chi connectivity index (χ0n) is 15.1. The molecule has 1 N–H and O–H groups in total. The minimum absolute atomic E-state index is 0.0127. The number of aromatic nitrogens is 3. The van der Waals surface area contributed by atoms with Crippen molar-refractivity contribution in [3.63, 3.8) is 0 Å². The number of carbonyl (C=O) groups is 2. The van der Waals surface area contributed by atoms with E-state index in [1.54, 1.807) is 30.2 Å². The SMILES string of the molecule is Cc1nc(C2CCCCN2C(=O)C=Cc2cnc3c(c2)CCC(=O)N3)no1. The van der Waals surface area contributed by atoms with Gasteiger partial charge in [-0.25, -0.2) is 4.98 Å². The molecule has 1 unspecified atom stereocenters. The molecular formula is C19H21N5O3. The van der Waals surface area contributed by atoms with Crippen LogP contribution in [0.4, 0.5) is 5.82 Å². The summed E-state index contributed by atoms with van der Waals surface area (Å²) < 4.78 is 5.08. The lowest BCUT2D eigenvalue weighted by atomic mass is 10.0. The molecule has 1 atom stereocenters. The third-order valence-corrected chi connectivity index (χ3v) is 4.91. The highest BCUT2D eigenvalue weighted by Crippen LogP contribution is 2.29. The van der Waals surface area contributed by atoms with Crippen molar-refractivity contribution in [2.45, 2.75) is 45.1 Å². The summed E-state index contributed by atoms with van der Waals surface area (Å²) in [5, 5.41) is 6.75. The normalized spacial score (nSPS) is 19.8. The van der Waals surface area contributed by atoms with Gasteiger partial charge in [0.25, 0.3) is 0 Å². The second-order valence-corrected chi connectivity index (χ2v) is 6.87. The van der Waals surface area contributed by atoms with Gasteiger partial charge < -0.3 is 14.7 Å². The number of anilines is 1. The maximum absolute atomic E-state index is 12.8. The van der Waals surface area contributed by atoms with Gasteiger partial charge in [0.15, 0.2) is 5.82 Å². The van der Waals surface area contributed by atoms with E-state index in [9.17, 15) is 9.59 Å². The Bertz CT molecular complexity index is 905. The number of hydrogen-bond acceptors (Lipinski definition) is 6. The van der Waals surface area contributed by atoms with Crippen LogP contribution < -0.4 is 5.32 Å². The minimum atomic E-state index is -0.148. The lowest BCUT2D eigenvalue weighted by Gasteiger charge is -2.33. The standard InChI is InChI=1S/C19H21N5O3/c1-12-21-19(23-27-12)15-4-2-3-9-24(15)17(26)8-5-13-10-14-6-7-16(25)22-18(14)20-11-13/h5,8,10-11,15H,2-4,6-7,9H2,1H3,(H,20,22,25). The highest BCUT2D eigenvalue weighted by Gasteiger charge is 2.30. The van der Waals surface area contributed by atoms with Crippen LogP contribution in [0.2, 0.25) is 0 Å². The van der Waals surface area contributed by atoms with Gasteiger partial charge in [-0.2, -0.15) is 4.98 Å². The number of aryl methyl sites for hydroxylation is 2. The summed E-state index contributed by atoms with van der Waals surface area (Å²) in [5.41, 5.74) is 1.82. The average Bonchev–Trinajstić information content (AvgIpc) is 3.12. The first-order valence-electron chi connectivity index (χ1n) is 9.18. The van der Waals surface area contributed by atoms with E-state index in [-0.39, 0.29) is 17.9 Å². The fourth-order valence-electron chi connectivity index (χ4n) is 3.54. The zero-order chi connectivity index (χ0) is 18.8. The molecule has 27 heavy (non-hydrogen) atoms. The van der Waals surface area contributed by atoms with Gasteiger partial charge in [-0.05, 0) is 49.0 Å². The zero-order valence-corrected chi connectivity index (χ0v) is 15.1. The van der Waals surface area contributed by atoms with E-state index in [4.69, 9.17) is 4.52 Å². The maximum Gasteiger partial charge on any atom is 0.247 e. The van der Waals surface area contributed by atoms with E-state index in [0.717, 1.165) is 30.4 Å². The Hall–Kier alpha value is -3.03. The molecule has 8 nitrogen and oxygen atoms in total. The van der Waals surface area contributed by atoms with Crippen LogP contribution in [0.5, 0.6) is 0 Å². The highest BCUT2D eigenvalue weighted by atomic mass is 16.5. The van der Waals surface area contributed by atoms with Gasteiger partial charge in [-0.1, -0.05) is 5.16 Å². The number of nitrogens with zero attached hydrogens (tertiary/aromatic N) is 4. The topological polar surface area (TPSA) is 101 Å². The van der Waals surface area contributed by atoms with Gasteiger partial charge in [0.1, 0.15) is 5.82 Å². The van der Waals surface area contributed by atoms with Crippen LogP contribution >= 0.6 is 0 Å². The predicted molar refractivity (Wildman–Crippen MR) is 97.6 cm³/mol. The number of pyridine rings is 1. The molecule has 0 radical (unpaired) electrons. The number of amides is 2. The summed E-state index contributed by atoms with van der Waals surface area (Å²) >= 11 is 0. The fraction of sp³-hybridized carbons (Fsp3) is 0.421. The smallest absolute Gasteiger partial charge is 0.247 e. The van der Waals surface area contributed by atoms with Crippen molar-refractivity contribution in [1.82, 2.24) is 20.0 Å². The van der Waals surface area contributed by atoms with E-state index in [0.29, 0.717) is 36.9 Å². The lowest BCUT2D eigenvalue weighted by Crippen LogP contribution is -2.38. The molecule has 2 aromatic rings. The summed E-state index contributed by atoms with van der Waals surface area (Å²) in [6, 6.07) is 1.81. The molecule has 4 rings (SSSR count). The van der Waals surface area contributed by atoms with Crippen molar-refractivity contribution >= 4 is 23.7 Å². The van der Waals surface area contributed by atoms with Crippen LogP contribution in [-0.2, 0) is 16.0 Å². The van der Waals surface area contributed by atoms with E-state index in [1.165, 1.54) is 0 Å². The van der Waals surface area contributed by atoms with E-state index in [2.05, 4.69) is 20.4 Å². The molecular weight excluding hydrogens is 346 g/mol. The third-order valence-electron chi connectivity index (χ3n) is 4.91. The number of likely N-dealkylation sites (tertiary alicyclic amines) is 1. The molecule has 2 aliphatic heterocycles. The van der Waals surface area contributed by atoms with Crippen molar-refractivity contribution < 1.29 is 14.1 Å². The Morgan fingerprint density at radius 2 is 2.26 bits per heavy atom. The number of nitrogens with one attached hydrogen (secondary N) is 1. The first kappa shape index (κ1) is 17.4. The second-order valence-electron chi connectivity index (χ2n) is 6.87. The molecule has 1 saturated heterocycles. The van der Waals surface area contributed by atoms with Crippen molar-refractivity contribution in [2.24, 2.45) is 0 Å². The highest BCUT2D eigenvalue weighted by molar-refractivity contribution is 5.94. The largest absolute Gasteiger partial charge is 0.340 e. The van der Waals surface area contributed by atoms with E-state index >= 15 is 0 Å². The molecule has 0 aromatic carbocycles. The van der Waals surface area contributed by atoms with Crippen LogP contribution in [0, 0.1) is 6.92 Å². The Labute approximate surface area is 156 Å². The van der Waals surface area contributed by atoms with Gasteiger partial charge in [0.05, 0.1) is 6.04 Å². The number of carbonyl (C=O) groups excluding carboxylic acids is 2. The predicted octanol–water partition coefficient (Wildman–Crippen LogP) is 2.42. The van der Waals surface area contributed by atoms with Gasteiger partial charge >= 0.3 is 0 Å². The van der Waals surface area contributed by atoms with Crippen LogP contribution in [0.15, 0.2) is 22.9 Å². The molecule has 0 saturated carbocycles. The third kappa shape index (κ3) is 3.74. The van der Waals surface area contributed by atoms with Crippen LogP contribution in [0.25, 0.3) is 6.08 Å². The molecule has 2 amide bonds. The Morgan fingerprint density at radius 3 is 3.07 bits per heavy atom. The summed E-state index contributed by atoms with van der Waals surface area (Å²) in [7, 11) is 0. The molecule has 140 valence electrons. The van der Waals surface area contributed by atoms with Crippen molar-refractivity contribution in [1.29, 1.82) is 0 Å². The van der Waals surface area contributed by atoms with Gasteiger partial charge in [-0.3, -0.25) is 9.59 Å². The summed E-state index contributed by atoms with van der Waals surface area (Å²) in [5.74, 6) is 1.60. The number of hydrogen-bond donors (Lipinski definition) is 1. The minimum Gasteiger partial charge on any atom is -0.340 e. The molecule has 0 aliphatic carbocycles.